The van der Waals surface area contributed by atoms with Crippen LogP contribution in [0.3, 0.4) is 0 Å². The summed E-state index contributed by atoms with van der Waals surface area (Å²) in [6.45, 7) is 4.24. The van der Waals surface area contributed by atoms with Gasteiger partial charge in [-0.25, -0.2) is 0 Å². The zero-order valence-corrected chi connectivity index (χ0v) is 20.5. The van der Waals surface area contributed by atoms with Gasteiger partial charge in [0, 0.05) is 10.4 Å². The van der Waals surface area contributed by atoms with E-state index in [9.17, 15) is 43.2 Å². The maximum Gasteiger partial charge on any atom is 0.522 e. The number of hydrogen-bond donors (Lipinski definition) is 0. The van der Waals surface area contributed by atoms with E-state index in [1.165, 1.54) is 27.0 Å². The monoisotopic (exact) mass is 552 g/mol. The molecule has 0 aliphatic carbocycles. The second-order valence-corrected chi connectivity index (χ2v) is 13.5. The number of halogens is 6. The van der Waals surface area contributed by atoms with Crippen molar-refractivity contribution >= 4 is 39.2 Å². The van der Waals surface area contributed by atoms with E-state index >= 15 is 0 Å². The van der Waals surface area contributed by atoms with Crippen LogP contribution >= 0.6 is 0 Å². The van der Waals surface area contributed by atoms with E-state index in [2.05, 4.69) is 7.74 Å². The molecule has 0 aliphatic heterocycles. The number of aryl methyl sites for hydroxylation is 3. The molecular weight excluding hydrogens is 534 g/mol. The Hall–Kier alpha value is -2.14. The molecule has 0 saturated carbocycles. The molecule has 190 valence electrons. The summed E-state index contributed by atoms with van der Waals surface area (Å²) in [4.78, 5) is 0. The summed E-state index contributed by atoms with van der Waals surface area (Å²) in [5.41, 5.74) is -11.4. The van der Waals surface area contributed by atoms with Gasteiger partial charge in [-0.05, 0) is 49.6 Å². The van der Waals surface area contributed by atoms with Crippen LogP contribution in [0.1, 0.15) is 16.7 Å². The molecule has 0 heterocycles. The van der Waals surface area contributed by atoms with Crippen molar-refractivity contribution in [2.45, 2.75) is 31.8 Å². The van der Waals surface area contributed by atoms with Gasteiger partial charge in [-0.2, -0.15) is 43.2 Å². The number of hydrogen-bond acceptors (Lipinski definition) is 7. The summed E-state index contributed by atoms with van der Waals surface area (Å²) in [7, 11) is -17.9. The van der Waals surface area contributed by atoms with Crippen LogP contribution < -0.4 is 15.1 Å². The van der Waals surface area contributed by atoms with Crippen molar-refractivity contribution in [2.75, 3.05) is 7.11 Å². The molecule has 2 aromatic rings. The second-order valence-electron chi connectivity index (χ2n) is 7.06. The third-order valence-corrected chi connectivity index (χ3v) is 11.8. The zero-order valence-electron chi connectivity index (χ0n) is 17.9. The molecule has 16 heteroatoms. The summed E-state index contributed by atoms with van der Waals surface area (Å²) in [6.07, 6.45) is 0. The molecule has 0 unspecified atom stereocenters. The SMILES string of the molecule is COc1ccc([Si](OS(=O)(=O)C(F)(F)F)(OS(=O)(=O)C(F)(F)F)c2cc(C)c(C)cc2C)cc1. The maximum atomic E-state index is 13.3. The quantitative estimate of drug-likeness (QED) is 0.296. The predicted molar refractivity (Wildman–Crippen MR) is 111 cm³/mol. The van der Waals surface area contributed by atoms with E-state index in [-0.39, 0.29) is 11.3 Å². The number of rotatable bonds is 7. The number of ether oxygens (including phenoxy) is 1. The van der Waals surface area contributed by atoms with E-state index in [4.69, 9.17) is 4.74 Å². The van der Waals surface area contributed by atoms with Gasteiger partial charge in [-0.3, -0.25) is 7.74 Å². The van der Waals surface area contributed by atoms with E-state index < -0.39 is 50.2 Å². The van der Waals surface area contributed by atoms with Crippen molar-refractivity contribution in [3.05, 3.63) is 53.1 Å². The molecule has 0 N–H and O–H groups in total. The van der Waals surface area contributed by atoms with Crippen molar-refractivity contribution in [1.82, 2.24) is 0 Å². The van der Waals surface area contributed by atoms with Crippen LogP contribution in [0.5, 0.6) is 5.75 Å². The Morgan fingerprint density at radius 1 is 0.706 bits per heavy atom. The van der Waals surface area contributed by atoms with Crippen molar-refractivity contribution in [1.29, 1.82) is 0 Å². The first-order chi connectivity index (χ1) is 15.3. The molecule has 2 rings (SSSR count). The Kier molecular flexibility index (Phi) is 7.55. The van der Waals surface area contributed by atoms with Gasteiger partial charge >= 0.3 is 39.8 Å². The molecule has 0 bridgehead atoms. The average Bonchev–Trinajstić information content (AvgIpc) is 2.68. The fourth-order valence-corrected chi connectivity index (χ4v) is 9.88. The van der Waals surface area contributed by atoms with Gasteiger partial charge in [-0.15, -0.1) is 0 Å². The van der Waals surface area contributed by atoms with Gasteiger partial charge in [0.2, 0.25) is 0 Å². The minimum Gasteiger partial charge on any atom is -0.497 e. The topological polar surface area (TPSA) is 96.0 Å². The molecule has 7 nitrogen and oxygen atoms in total. The molecule has 0 spiro atoms. The molecule has 0 saturated heterocycles. The number of benzene rings is 2. The van der Waals surface area contributed by atoms with Crippen LogP contribution in [0.15, 0.2) is 36.4 Å². The Bertz CT molecular complexity index is 1230. The van der Waals surface area contributed by atoms with Crippen molar-refractivity contribution < 1.29 is 55.7 Å². The van der Waals surface area contributed by atoms with Crippen LogP contribution in [0.4, 0.5) is 26.3 Å². The molecule has 0 aliphatic rings. The lowest BCUT2D eigenvalue weighted by molar-refractivity contribution is -0.0527. The summed E-state index contributed by atoms with van der Waals surface area (Å²) in [5.74, 6) is 0.0841. The highest BCUT2D eigenvalue weighted by Gasteiger charge is 2.62. The Labute approximate surface area is 192 Å². The summed E-state index contributed by atoms with van der Waals surface area (Å²) >= 11 is 0. The first-order valence-corrected chi connectivity index (χ1v) is 13.7. The highest BCUT2D eigenvalue weighted by atomic mass is 32.2. The first kappa shape index (κ1) is 28.1. The minimum atomic E-state index is -6.65. The second kappa shape index (κ2) is 9.14. The summed E-state index contributed by atoms with van der Waals surface area (Å²) in [5, 5.41) is -1.25. The Morgan fingerprint density at radius 2 is 1.12 bits per heavy atom. The lowest BCUT2D eigenvalue weighted by Crippen LogP contribution is -2.67. The van der Waals surface area contributed by atoms with Gasteiger partial charge < -0.3 is 4.74 Å². The molecular formula is C18H18F6O7S2Si. The first-order valence-electron chi connectivity index (χ1n) is 9.04. The van der Waals surface area contributed by atoms with Crippen LogP contribution in [0, 0.1) is 20.8 Å². The Balaban J connectivity index is 3.06. The third-order valence-electron chi connectivity index (χ3n) is 4.69. The minimum absolute atomic E-state index is 0.0552. The fourth-order valence-electron chi connectivity index (χ4n) is 2.88. The summed E-state index contributed by atoms with van der Waals surface area (Å²) in [6, 6.07) is 6.25. The van der Waals surface area contributed by atoms with Gasteiger partial charge in [0.1, 0.15) is 5.75 Å². The largest absolute Gasteiger partial charge is 0.522 e. The maximum absolute atomic E-state index is 13.3. The number of alkyl halides is 6. The van der Waals surface area contributed by atoms with Crippen LogP contribution in [0.2, 0.25) is 0 Å². The van der Waals surface area contributed by atoms with Crippen LogP contribution in [-0.4, -0.2) is 43.5 Å². The third kappa shape index (κ3) is 5.40. The molecule has 0 atom stereocenters. The van der Waals surface area contributed by atoms with Gasteiger partial charge in [0.15, 0.2) is 0 Å². The molecule has 34 heavy (non-hydrogen) atoms. The normalized spacial score (nSPS) is 13.7. The molecule has 0 radical (unpaired) electrons. The summed E-state index contributed by atoms with van der Waals surface area (Å²) < 4.78 is 142. The highest BCUT2D eigenvalue weighted by molar-refractivity contribution is 7.90. The Morgan fingerprint density at radius 3 is 1.50 bits per heavy atom. The van der Waals surface area contributed by atoms with E-state index in [1.807, 2.05) is 0 Å². The molecule has 0 fully saturated rings. The average molecular weight is 553 g/mol. The van der Waals surface area contributed by atoms with Gasteiger partial charge in [0.05, 0.1) is 7.11 Å². The zero-order chi connectivity index (χ0) is 26.3. The van der Waals surface area contributed by atoms with Crippen molar-refractivity contribution in [3.63, 3.8) is 0 Å². The predicted octanol–water partition coefficient (Wildman–Crippen LogP) is 2.91. The number of methoxy groups -OCH3 is 1. The van der Waals surface area contributed by atoms with Gasteiger partial charge in [-0.1, -0.05) is 24.3 Å². The lowest BCUT2D eigenvalue weighted by atomic mass is 10.1. The van der Waals surface area contributed by atoms with Crippen molar-refractivity contribution in [2.24, 2.45) is 0 Å². The fraction of sp³-hybridized carbons (Fsp3) is 0.333. The highest BCUT2D eigenvalue weighted by Crippen LogP contribution is 2.33. The molecule has 0 aromatic heterocycles. The van der Waals surface area contributed by atoms with E-state index in [0.717, 1.165) is 30.3 Å². The van der Waals surface area contributed by atoms with Crippen LogP contribution in [0.25, 0.3) is 0 Å². The molecule has 0 amide bonds. The lowest BCUT2D eigenvalue weighted by Gasteiger charge is -2.32. The van der Waals surface area contributed by atoms with E-state index in [1.54, 1.807) is 6.92 Å². The van der Waals surface area contributed by atoms with Crippen LogP contribution in [-0.2, 0) is 28.0 Å². The molecule has 2 aromatic carbocycles. The van der Waals surface area contributed by atoms with Gasteiger partial charge in [0.25, 0.3) is 0 Å². The standard InChI is InChI=1S/C18H18F6O7S2Si/c1-11-9-13(3)16(10-12(11)2)34(30-32(25,26)17(19,20)21,31-33(27,28)18(22,23)24)15-7-5-14(29-4)6-8-15/h5-10H,1-4H3. The van der Waals surface area contributed by atoms with E-state index in [0.29, 0.717) is 11.1 Å². The smallest absolute Gasteiger partial charge is 0.497 e. The van der Waals surface area contributed by atoms with Crippen molar-refractivity contribution in [3.8, 4) is 5.75 Å².